The number of hydrogen-bond acceptors (Lipinski definition) is 8. The van der Waals surface area contributed by atoms with Crippen LogP contribution in [-0.2, 0) is 21.7 Å². The van der Waals surface area contributed by atoms with Crippen LogP contribution in [0.5, 0.6) is 0 Å². The maximum atomic E-state index is 9.28. The van der Waals surface area contributed by atoms with E-state index in [1.54, 1.807) is 0 Å². The van der Waals surface area contributed by atoms with Gasteiger partial charge in [-0.2, -0.15) is 10.5 Å². The third kappa shape index (κ3) is 15.9. The van der Waals surface area contributed by atoms with Crippen molar-refractivity contribution in [2.45, 2.75) is 98.7 Å². The lowest BCUT2D eigenvalue weighted by molar-refractivity contribution is -0.0282. The predicted octanol–water partition coefficient (Wildman–Crippen LogP) is 32.2. The Labute approximate surface area is 805 Å². The van der Waals surface area contributed by atoms with Gasteiger partial charge in [-0.1, -0.05) is 376 Å². The van der Waals surface area contributed by atoms with Crippen LogP contribution in [0.3, 0.4) is 0 Å². The molecule has 0 spiro atoms. The molecule has 4 atom stereocenters. The number of fused-ring (bicyclic) bond motifs is 3. The molecule has 0 N–H and O–H groups in total. The van der Waals surface area contributed by atoms with E-state index in [0.29, 0.717) is 46.1 Å². The average Bonchev–Trinajstić information content (AvgIpc) is 0.706. The van der Waals surface area contributed by atoms with E-state index in [1.807, 2.05) is 36.4 Å². The summed E-state index contributed by atoms with van der Waals surface area (Å²) in [5, 5.41) is 25.5. The van der Waals surface area contributed by atoms with Gasteiger partial charge >= 0.3 is 0 Å². The fraction of sp³-hybridized carbons (Fsp3) is 0.154. The Kier molecular flexibility index (Phi) is 20.9. The number of rotatable bonds is 17. The van der Waals surface area contributed by atoms with Gasteiger partial charge in [0.15, 0.2) is 34.9 Å². The monoisotopic (exact) mass is 1770 g/mol. The van der Waals surface area contributed by atoms with Crippen LogP contribution in [0.25, 0.3) is 179 Å². The standard InChI is InChI=1S/C66H50N4.C64H48N4/c67-42-44-11-13-49(14-12-44)52-27-31-60(32-28-52)65-38-45-35-46(39-65)41-66(40-45,43-65)61-33-29-53(30-34-61)56-23-24-58-37-59(26-25-57(58)36-56)64-69-62(54-19-15-50(16-20-54)47-7-3-1-4-8-47)68-63(70-64)55-21-17-51(18-22-55)48-9-5-2-6-10-48;65-40-42-9-11-47(12-10-42)51-25-29-58(30-26-51)63-36-43-33-44(37-63)39-64(38-43,41-63)59-31-27-52(28-32-59)49-15-13-48(14-16-49)50-17-21-53(22-18-50)60-66-61(56-23-19-45-5-1-3-7-54(45)34-56)68-62(67-60)57-24-20-46-6-2-4-8-55(46)35-57/h1-34,36-37,45-46H,35,38-41,43H2;1-32,34-35,43-44H,33,36-39,41H2. The third-order valence-corrected chi connectivity index (χ3v) is 31.7. The van der Waals surface area contributed by atoms with Gasteiger partial charge in [-0.05, 0) is 303 Å². The van der Waals surface area contributed by atoms with Crippen LogP contribution in [0.4, 0.5) is 0 Å². The van der Waals surface area contributed by atoms with E-state index in [9.17, 15) is 10.5 Å². The molecule has 2 heterocycles. The van der Waals surface area contributed by atoms with Gasteiger partial charge in [0, 0.05) is 33.4 Å². The highest BCUT2D eigenvalue weighted by molar-refractivity contribution is 5.92. The Hall–Kier alpha value is -16.3. The van der Waals surface area contributed by atoms with Gasteiger partial charge < -0.3 is 0 Å². The minimum Gasteiger partial charge on any atom is -0.208 e. The van der Waals surface area contributed by atoms with Gasteiger partial charge in [0.05, 0.1) is 23.3 Å². The first-order chi connectivity index (χ1) is 67.9. The van der Waals surface area contributed by atoms with Crippen LogP contribution >= 0.6 is 0 Å². The van der Waals surface area contributed by atoms with E-state index in [-0.39, 0.29) is 21.7 Å². The second-order valence-electron chi connectivity index (χ2n) is 40.3. The van der Waals surface area contributed by atoms with E-state index < -0.39 is 0 Å². The van der Waals surface area contributed by atoms with Crippen LogP contribution in [0.1, 0.15) is 110 Å². The van der Waals surface area contributed by atoms with Gasteiger partial charge in [0.2, 0.25) is 0 Å². The zero-order chi connectivity index (χ0) is 91.9. The molecule has 8 nitrogen and oxygen atoms in total. The molecule has 8 heteroatoms. The molecular weight excluding hydrogens is 1670 g/mol. The maximum Gasteiger partial charge on any atom is 0.164 e. The number of nitrogens with zero attached hydrogens (tertiary/aromatic N) is 8. The molecule has 28 rings (SSSR count). The molecule has 4 unspecified atom stereocenters. The molecule has 0 saturated heterocycles. The molecule has 0 aliphatic heterocycles. The minimum absolute atomic E-state index is 0.222. The Morgan fingerprint density at radius 2 is 0.355 bits per heavy atom. The molecule has 138 heavy (non-hydrogen) atoms. The maximum absolute atomic E-state index is 9.28. The lowest BCUT2D eigenvalue weighted by Gasteiger charge is -2.63. The molecular formula is C130H98N8. The summed E-state index contributed by atoms with van der Waals surface area (Å²) in [7, 11) is 0. The molecule has 8 fully saturated rings. The molecule has 20 aromatic rings. The van der Waals surface area contributed by atoms with Crippen molar-refractivity contribution in [3.63, 3.8) is 0 Å². The van der Waals surface area contributed by atoms with Crippen molar-refractivity contribution in [3.05, 3.63) is 458 Å². The summed E-state index contributed by atoms with van der Waals surface area (Å²) in [4.78, 5) is 30.5. The summed E-state index contributed by atoms with van der Waals surface area (Å²) >= 11 is 0. The summed E-state index contributed by atoms with van der Waals surface area (Å²) in [6, 6.07) is 157. The van der Waals surface area contributed by atoms with E-state index in [1.165, 1.54) is 166 Å². The first-order valence-electron chi connectivity index (χ1n) is 48.9. The molecule has 8 saturated carbocycles. The van der Waals surface area contributed by atoms with Gasteiger partial charge in [0.1, 0.15) is 0 Å². The highest BCUT2D eigenvalue weighted by Gasteiger charge is 2.60. The topological polar surface area (TPSA) is 125 Å². The summed E-state index contributed by atoms with van der Waals surface area (Å²) in [6.07, 6.45) is 15.7. The van der Waals surface area contributed by atoms with Crippen LogP contribution in [0.2, 0.25) is 0 Å². The second-order valence-corrected chi connectivity index (χ2v) is 40.3. The number of nitriles is 2. The highest BCUT2D eigenvalue weighted by atomic mass is 15.0. The zero-order valence-electron chi connectivity index (χ0n) is 76.8. The van der Waals surface area contributed by atoms with Crippen molar-refractivity contribution in [1.29, 1.82) is 10.5 Å². The summed E-state index contributed by atoms with van der Waals surface area (Å²) in [6.45, 7) is 0. The van der Waals surface area contributed by atoms with Crippen molar-refractivity contribution < 1.29 is 0 Å². The van der Waals surface area contributed by atoms with Crippen molar-refractivity contribution >= 4 is 32.3 Å². The van der Waals surface area contributed by atoms with Gasteiger partial charge in [-0.3, -0.25) is 0 Å². The Morgan fingerprint density at radius 1 is 0.174 bits per heavy atom. The fourth-order valence-electron chi connectivity index (χ4n) is 25.7. The Bertz CT molecular complexity index is 7880. The van der Waals surface area contributed by atoms with Gasteiger partial charge in [-0.15, -0.1) is 0 Å². The number of aromatic nitrogens is 6. The molecule has 0 amide bonds. The fourth-order valence-corrected chi connectivity index (χ4v) is 25.7. The van der Waals surface area contributed by atoms with E-state index in [2.05, 4.69) is 400 Å². The van der Waals surface area contributed by atoms with Gasteiger partial charge in [-0.25, -0.2) is 29.9 Å². The SMILES string of the molecule is N#Cc1ccc(-c2ccc(C34CC5CC(C3)CC(c3ccc(-c6ccc(-c7ccc(-c8nc(-c9ccc%10ccccc%10c9)nc(-c9ccc%10ccccc%10c9)n8)cc7)cc6)cc3)(C5)C4)cc2)cc1.N#Cc1ccc(-c2ccc(C34CC5CC(C3)CC(c3ccc(-c6ccc7cc(-c8nc(-c9ccc(-c%10ccccc%10)cc9)nc(-c9ccc(-c%10ccccc%10)cc9)n8)ccc7c6)cc3)(C5)C4)cc2)cc1. The predicted molar refractivity (Wildman–Crippen MR) is 561 cm³/mol. The smallest absolute Gasteiger partial charge is 0.164 e. The van der Waals surface area contributed by atoms with E-state index in [4.69, 9.17) is 29.9 Å². The molecule has 8 bridgehead atoms. The summed E-state index contributed by atoms with van der Waals surface area (Å²) < 4.78 is 0. The van der Waals surface area contributed by atoms with Crippen LogP contribution in [-0.4, -0.2) is 29.9 Å². The molecule has 2 aromatic heterocycles. The first kappa shape index (κ1) is 83.6. The highest BCUT2D eigenvalue weighted by Crippen LogP contribution is 2.68. The Morgan fingerprint density at radius 3 is 0.623 bits per heavy atom. The first-order valence-corrected chi connectivity index (χ1v) is 48.9. The second kappa shape index (κ2) is 34.6. The van der Waals surface area contributed by atoms with Crippen molar-refractivity contribution in [2.24, 2.45) is 23.7 Å². The van der Waals surface area contributed by atoms with Crippen molar-refractivity contribution in [3.8, 4) is 158 Å². The molecule has 18 aromatic carbocycles. The van der Waals surface area contributed by atoms with Gasteiger partial charge in [0.25, 0.3) is 0 Å². The lowest BCUT2D eigenvalue weighted by atomic mass is 9.41. The Balaban J connectivity index is 0.000000146. The molecule has 8 aliphatic carbocycles. The normalized spacial score (nSPS) is 20.2. The van der Waals surface area contributed by atoms with Crippen LogP contribution in [0.15, 0.2) is 425 Å². The van der Waals surface area contributed by atoms with E-state index in [0.717, 1.165) is 101 Å². The van der Waals surface area contributed by atoms with Crippen LogP contribution in [0, 0.1) is 46.3 Å². The van der Waals surface area contributed by atoms with Crippen LogP contribution < -0.4 is 0 Å². The quantitative estimate of drug-likeness (QED) is 0.0883. The third-order valence-electron chi connectivity index (χ3n) is 31.7. The number of hydrogen-bond donors (Lipinski definition) is 0. The minimum atomic E-state index is 0.222. The summed E-state index contributed by atoms with van der Waals surface area (Å²) in [5.41, 5.74) is 30.8. The molecule has 8 aliphatic rings. The molecule has 0 radical (unpaired) electrons. The van der Waals surface area contributed by atoms with E-state index >= 15 is 0 Å². The van der Waals surface area contributed by atoms with Crippen molar-refractivity contribution in [2.75, 3.05) is 0 Å². The lowest BCUT2D eigenvalue weighted by Crippen LogP contribution is -2.55. The zero-order valence-corrected chi connectivity index (χ0v) is 76.8. The number of benzene rings is 18. The largest absolute Gasteiger partial charge is 0.208 e. The average molecular weight is 1770 g/mol. The molecule has 658 valence electrons. The van der Waals surface area contributed by atoms with Crippen molar-refractivity contribution in [1.82, 2.24) is 29.9 Å². The summed E-state index contributed by atoms with van der Waals surface area (Å²) in [5.74, 6) is 7.01.